The van der Waals surface area contributed by atoms with Crippen LogP contribution in [0.4, 0.5) is 0 Å². The van der Waals surface area contributed by atoms with Crippen LogP contribution in [0.15, 0.2) is 30.6 Å². The van der Waals surface area contributed by atoms with Crippen molar-refractivity contribution in [1.29, 1.82) is 4.78 Å². The molecule has 1 heterocycles. The Bertz CT molecular complexity index is 208. The second kappa shape index (κ2) is 6.03. The molecule has 0 aliphatic rings. The normalized spacial score (nSPS) is 7.60. The number of hydrogen-bond donors (Lipinski definition) is 1. The van der Waals surface area contributed by atoms with E-state index >= 15 is 0 Å². The van der Waals surface area contributed by atoms with E-state index in [1.54, 1.807) is 18.2 Å². The molecule has 4 nitrogen and oxygen atoms in total. The molecule has 1 aromatic heterocycles. The third-order valence-corrected chi connectivity index (χ3v) is 0.688. The summed E-state index contributed by atoms with van der Waals surface area (Å²) in [5, 5.41) is 10.2. The van der Waals surface area contributed by atoms with Gasteiger partial charge in [0.2, 0.25) is 0 Å². The van der Waals surface area contributed by atoms with Crippen LogP contribution < -0.4 is 4.73 Å². The zero-order valence-electron chi connectivity index (χ0n) is 5.10. The Labute approximate surface area is 61.7 Å². The fourth-order valence-electron chi connectivity index (χ4n) is 0.383. The van der Waals surface area contributed by atoms with Crippen LogP contribution in [0.3, 0.4) is 0 Å². The maximum absolute atomic E-state index is 10.2. The maximum atomic E-state index is 10.2. The molecule has 0 bridgehead atoms. The van der Waals surface area contributed by atoms with Gasteiger partial charge < -0.3 is 14.2 Å². The fourth-order valence-corrected chi connectivity index (χ4v) is 0.383. The van der Waals surface area contributed by atoms with E-state index < -0.39 is 11.5 Å². The average Bonchev–Trinajstić information content (AvgIpc) is 1.91. The first-order chi connectivity index (χ1) is 4.81. The highest BCUT2D eigenvalue weighted by molar-refractivity contribution is 7.52. The van der Waals surface area contributed by atoms with Crippen LogP contribution in [0.5, 0.6) is 0 Å². The number of rotatable bonds is 0. The van der Waals surface area contributed by atoms with E-state index in [9.17, 15) is 5.21 Å². The van der Waals surface area contributed by atoms with Crippen LogP contribution in [-0.2, 0) is 15.7 Å². The van der Waals surface area contributed by atoms with Gasteiger partial charge in [-0.25, -0.2) is 11.5 Å². The topological polar surface area (TPSA) is 67.9 Å². The van der Waals surface area contributed by atoms with Gasteiger partial charge in [0.05, 0.1) is 0 Å². The number of hydrogen-bond acceptors (Lipinski definition) is 4. The van der Waals surface area contributed by atoms with Crippen LogP contribution in [0, 0.1) is 9.99 Å². The first-order valence-corrected chi connectivity index (χ1v) is 3.25. The number of nitrogens with one attached hydrogen (secondary N) is 1. The largest absolute Gasteiger partial charge is 0.619 e. The van der Waals surface area contributed by atoms with Crippen molar-refractivity contribution in [2.75, 3.05) is 0 Å². The van der Waals surface area contributed by atoms with Crippen LogP contribution in [0.1, 0.15) is 0 Å². The summed E-state index contributed by atoms with van der Waals surface area (Å²) < 4.78 is 14.9. The SMILES string of the molecule is N=[SH-]=O.[O-][n+]1ccccc1. The number of aromatic nitrogens is 1. The van der Waals surface area contributed by atoms with E-state index in [1.807, 2.05) is 0 Å². The summed E-state index contributed by atoms with van der Waals surface area (Å²) >= 11 is -0.583. The molecule has 5 heteroatoms. The molecule has 0 aliphatic carbocycles. The molecule has 0 atom stereocenters. The van der Waals surface area contributed by atoms with Gasteiger partial charge in [-0.15, -0.1) is 0 Å². The van der Waals surface area contributed by atoms with Crippen molar-refractivity contribution >= 4 is 11.5 Å². The van der Waals surface area contributed by atoms with E-state index in [4.69, 9.17) is 8.99 Å². The van der Waals surface area contributed by atoms with Crippen molar-refractivity contribution in [3.05, 3.63) is 35.8 Å². The van der Waals surface area contributed by atoms with Gasteiger partial charge in [-0.3, -0.25) is 0 Å². The molecule has 0 amide bonds. The predicted octanol–water partition coefficient (Wildman–Crippen LogP) is 0.229. The lowest BCUT2D eigenvalue weighted by Gasteiger charge is -1.88. The summed E-state index contributed by atoms with van der Waals surface area (Å²) in [5.74, 6) is 0. The van der Waals surface area contributed by atoms with Crippen LogP contribution in [0.25, 0.3) is 0 Å². The molecule has 0 saturated heterocycles. The number of pyridine rings is 1. The Morgan fingerprint density at radius 2 is 1.70 bits per heavy atom. The Balaban J connectivity index is 0.000000236. The highest BCUT2D eigenvalue weighted by Gasteiger charge is 1.74. The summed E-state index contributed by atoms with van der Waals surface area (Å²) in [5.41, 5.74) is 0. The second-order valence-corrected chi connectivity index (χ2v) is 1.51. The van der Waals surface area contributed by atoms with Crippen molar-refractivity contribution in [1.82, 2.24) is 0 Å². The minimum Gasteiger partial charge on any atom is -0.619 e. The van der Waals surface area contributed by atoms with Gasteiger partial charge in [0.1, 0.15) is 0 Å². The molecule has 0 aromatic carbocycles. The van der Waals surface area contributed by atoms with Gasteiger partial charge in [-0.1, -0.05) is 6.07 Å². The predicted molar refractivity (Wildman–Crippen MR) is 37.6 cm³/mol. The van der Waals surface area contributed by atoms with E-state index in [-0.39, 0.29) is 0 Å². The lowest BCUT2D eigenvalue weighted by molar-refractivity contribution is -0.605. The minimum absolute atomic E-state index is 0.583. The molecule has 0 radical (unpaired) electrons. The lowest BCUT2D eigenvalue weighted by atomic mass is 10.5. The summed E-state index contributed by atoms with van der Waals surface area (Å²) in [6.07, 6.45) is 2.89. The first kappa shape index (κ1) is 8.90. The van der Waals surface area contributed by atoms with E-state index in [1.165, 1.54) is 12.4 Å². The summed E-state index contributed by atoms with van der Waals surface area (Å²) in [6.45, 7) is 0. The molecule has 0 saturated carbocycles. The molecular formula is C5H7N2O2S-. The molecule has 0 spiro atoms. The van der Waals surface area contributed by atoms with Crippen molar-refractivity contribution in [2.45, 2.75) is 0 Å². The molecule has 0 aliphatic heterocycles. The highest BCUT2D eigenvalue weighted by Crippen LogP contribution is 1.72. The number of nitrogens with zero attached hydrogens (tertiary/aromatic N) is 1. The monoisotopic (exact) mass is 159 g/mol. The Morgan fingerprint density at radius 1 is 1.30 bits per heavy atom. The molecule has 1 rings (SSSR count). The molecule has 1 aromatic rings. The quantitative estimate of drug-likeness (QED) is 0.255. The van der Waals surface area contributed by atoms with Gasteiger partial charge >= 0.3 is 0 Å². The van der Waals surface area contributed by atoms with E-state index in [0.717, 1.165) is 4.73 Å². The molecule has 0 fully saturated rings. The van der Waals surface area contributed by atoms with Gasteiger partial charge in [-0.2, -0.15) is 4.73 Å². The summed E-state index contributed by atoms with van der Waals surface area (Å²) in [6, 6.07) is 5.18. The van der Waals surface area contributed by atoms with Crippen molar-refractivity contribution in [3.63, 3.8) is 0 Å². The van der Waals surface area contributed by atoms with Crippen molar-refractivity contribution in [2.24, 2.45) is 0 Å². The third-order valence-electron chi connectivity index (χ3n) is 0.688. The summed E-state index contributed by atoms with van der Waals surface area (Å²) in [4.78, 5) is 0. The minimum atomic E-state index is -0.583. The number of thiol groups is 1. The average molecular weight is 159 g/mol. The molecule has 1 N–H and O–H groups in total. The van der Waals surface area contributed by atoms with Crippen LogP contribution in [-0.4, -0.2) is 0 Å². The smallest absolute Gasteiger partial charge is 0.180 e. The van der Waals surface area contributed by atoms with Gasteiger partial charge in [0, 0.05) is 12.1 Å². The molecule has 10 heavy (non-hydrogen) atoms. The standard InChI is InChI=1S/C5H5NO.H2NOS/c7-6-4-2-1-3-5-6;1-3-2/h1-5H;1,3H/q;-1. The fraction of sp³-hybridized carbons (Fsp3) is 0. The van der Waals surface area contributed by atoms with Crippen molar-refractivity contribution < 1.29 is 8.94 Å². The summed E-state index contributed by atoms with van der Waals surface area (Å²) in [7, 11) is 0. The zero-order valence-corrected chi connectivity index (χ0v) is 5.99. The highest BCUT2D eigenvalue weighted by atomic mass is 32.1. The molecule has 0 unspecified atom stereocenters. The molecule has 56 valence electrons. The molecular weight excluding hydrogens is 152 g/mol. The zero-order chi connectivity index (χ0) is 7.82. The van der Waals surface area contributed by atoms with Gasteiger partial charge in [0.15, 0.2) is 12.4 Å². The van der Waals surface area contributed by atoms with Gasteiger partial charge in [-0.05, 0) is 0 Å². The Morgan fingerprint density at radius 3 is 1.90 bits per heavy atom. The van der Waals surface area contributed by atoms with E-state index in [0.29, 0.717) is 0 Å². The maximum Gasteiger partial charge on any atom is 0.180 e. The first-order valence-electron chi connectivity index (χ1n) is 2.44. The lowest BCUT2D eigenvalue weighted by Crippen LogP contribution is -2.22. The van der Waals surface area contributed by atoms with Crippen LogP contribution >= 0.6 is 0 Å². The van der Waals surface area contributed by atoms with Crippen molar-refractivity contribution in [3.8, 4) is 0 Å². The Hall–Kier alpha value is -1.10. The van der Waals surface area contributed by atoms with Crippen LogP contribution in [0.2, 0.25) is 0 Å². The van der Waals surface area contributed by atoms with E-state index in [2.05, 4.69) is 0 Å². The van der Waals surface area contributed by atoms with Gasteiger partial charge in [0.25, 0.3) is 0 Å². The third kappa shape index (κ3) is 5.04. The Kier molecular flexibility index (Phi) is 5.36. The second-order valence-electron chi connectivity index (χ2n) is 1.33.